The molecule has 3 N–H and O–H groups in total. The fourth-order valence-electron chi connectivity index (χ4n) is 8.30. The number of halogens is 4. The predicted octanol–water partition coefficient (Wildman–Crippen LogP) is 4.64. The number of piperidine rings is 2. The molecule has 0 bridgehead atoms. The third-order valence-electron chi connectivity index (χ3n) is 11.4. The number of nitrogens with two attached hydrogens (primary N) is 1. The average Bonchev–Trinajstić information content (AvgIpc) is 3.33. The van der Waals surface area contributed by atoms with Gasteiger partial charge in [0.05, 0.1) is 29.4 Å². The summed E-state index contributed by atoms with van der Waals surface area (Å²) < 4.78 is 52.6. The van der Waals surface area contributed by atoms with Crippen molar-refractivity contribution in [3.63, 3.8) is 0 Å². The second kappa shape index (κ2) is 17.8. The number of anilines is 1. The van der Waals surface area contributed by atoms with Crippen molar-refractivity contribution in [1.82, 2.24) is 29.8 Å². The van der Waals surface area contributed by atoms with Crippen molar-refractivity contribution < 1.29 is 41.8 Å². The third-order valence-corrected chi connectivity index (χ3v) is 11.7. The first-order chi connectivity index (χ1) is 26.3. The lowest BCUT2D eigenvalue weighted by Gasteiger charge is -2.43. The molecule has 6 rings (SSSR count). The first-order valence-corrected chi connectivity index (χ1v) is 19.7. The minimum absolute atomic E-state index is 0.0583. The number of nitrogen functional groups attached to an aromatic ring is 1. The standard InChI is InChI=1S/C38H51ClF3N7O6/c1-2-54-33(50)24-45-12-8-27(9-13-45)46-17-19-47(20-18-46)35(51)32(23-25-21-29(38(40,41)42)34(43)30(39)22-25)55-37(53)48-14-10-28(11-15-48)49-16-7-26-5-3-4-6-31(26)44-36(49)52/h3,5,21-22,27-28,32H,2,4,6-20,23-24,43H2,1H3,(H,44,52)/t32-/m1/s1. The zero-order valence-electron chi connectivity index (χ0n) is 31.3. The number of carbonyl (C=O) groups excluding carboxylic acids is 4. The molecule has 4 amide bonds. The number of likely N-dealkylation sites (tertiary alicyclic amines) is 2. The molecule has 4 aliphatic heterocycles. The number of hydrogen-bond acceptors (Lipinski definition) is 9. The van der Waals surface area contributed by atoms with Crippen LogP contribution in [0.2, 0.25) is 5.02 Å². The monoisotopic (exact) mass is 793 g/mol. The van der Waals surface area contributed by atoms with Crippen molar-refractivity contribution in [2.45, 2.75) is 82.7 Å². The Labute approximate surface area is 324 Å². The highest BCUT2D eigenvalue weighted by atomic mass is 35.5. The number of nitrogens with zero attached hydrogens (tertiary/aromatic N) is 5. The zero-order chi connectivity index (χ0) is 39.3. The summed E-state index contributed by atoms with van der Waals surface area (Å²) in [6.45, 7) is 6.88. The van der Waals surface area contributed by atoms with E-state index in [1.54, 1.807) is 11.8 Å². The molecule has 1 atom stereocenters. The largest absolute Gasteiger partial charge is 0.465 e. The summed E-state index contributed by atoms with van der Waals surface area (Å²) in [5.74, 6) is -0.737. The van der Waals surface area contributed by atoms with Crippen molar-refractivity contribution in [1.29, 1.82) is 0 Å². The van der Waals surface area contributed by atoms with Gasteiger partial charge in [-0.25, -0.2) is 9.59 Å². The molecule has 4 heterocycles. The zero-order valence-corrected chi connectivity index (χ0v) is 32.0. The second-order valence-corrected chi connectivity index (χ2v) is 15.2. The highest BCUT2D eigenvalue weighted by molar-refractivity contribution is 6.33. The van der Waals surface area contributed by atoms with Crippen LogP contribution in [0.4, 0.5) is 28.4 Å². The molecule has 3 saturated heterocycles. The number of ether oxygens (including phenoxy) is 2. The van der Waals surface area contributed by atoms with Crippen LogP contribution in [0.3, 0.4) is 0 Å². The molecular formula is C38H51ClF3N7O6. The summed E-state index contributed by atoms with van der Waals surface area (Å²) in [5, 5.41) is 2.76. The van der Waals surface area contributed by atoms with Crippen molar-refractivity contribution in [2.75, 3.05) is 77.8 Å². The van der Waals surface area contributed by atoms with Gasteiger partial charge in [0, 0.05) is 83.1 Å². The Morgan fingerprint density at radius 1 is 0.945 bits per heavy atom. The van der Waals surface area contributed by atoms with Gasteiger partial charge in [0.25, 0.3) is 5.91 Å². The maximum absolute atomic E-state index is 14.1. The lowest BCUT2D eigenvalue weighted by molar-refractivity contribution is -0.145. The number of alkyl halides is 3. The van der Waals surface area contributed by atoms with Crippen molar-refractivity contribution >= 4 is 41.3 Å². The van der Waals surface area contributed by atoms with E-state index in [4.69, 9.17) is 26.8 Å². The molecule has 13 nitrogen and oxygen atoms in total. The normalized spacial score (nSPS) is 21.5. The summed E-state index contributed by atoms with van der Waals surface area (Å²) in [6, 6.07) is 2.16. The van der Waals surface area contributed by atoms with E-state index in [0.717, 1.165) is 62.5 Å². The minimum Gasteiger partial charge on any atom is -0.465 e. The van der Waals surface area contributed by atoms with E-state index in [-0.39, 0.29) is 60.7 Å². The molecule has 302 valence electrons. The average molecular weight is 794 g/mol. The molecule has 0 aromatic heterocycles. The molecule has 1 aliphatic carbocycles. The van der Waals surface area contributed by atoms with E-state index >= 15 is 0 Å². The number of allylic oxidation sites excluding steroid dienone is 3. The summed E-state index contributed by atoms with van der Waals surface area (Å²) in [5.41, 5.74) is 6.09. The van der Waals surface area contributed by atoms with Gasteiger partial charge in [-0.15, -0.1) is 0 Å². The number of urea groups is 1. The first kappa shape index (κ1) is 40.6. The number of piperazine rings is 1. The van der Waals surface area contributed by atoms with Crippen LogP contribution in [0.15, 0.2) is 35.6 Å². The van der Waals surface area contributed by atoms with E-state index in [2.05, 4.69) is 27.3 Å². The Kier molecular flexibility index (Phi) is 13.2. The number of carbonyl (C=O) groups is 4. The Bertz CT molecular complexity index is 1650. The fraction of sp³-hybridized carbons (Fsp3) is 0.632. The Hall–Kier alpha value is -4.02. The van der Waals surface area contributed by atoms with E-state index in [1.165, 1.54) is 11.0 Å². The molecule has 0 unspecified atom stereocenters. The maximum Gasteiger partial charge on any atom is 0.418 e. The van der Waals surface area contributed by atoms with Crippen molar-refractivity contribution in [3.05, 3.63) is 51.7 Å². The number of rotatable bonds is 9. The summed E-state index contributed by atoms with van der Waals surface area (Å²) in [4.78, 5) is 62.1. The molecule has 55 heavy (non-hydrogen) atoms. The molecule has 0 radical (unpaired) electrons. The number of nitrogens with one attached hydrogen (secondary N) is 1. The van der Waals surface area contributed by atoms with Crippen molar-refractivity contribution in [2.24, 2.45) is 0 Å². The number of esters is 1. The summed E-state index contributed by atoms with van der Waals surface area (Å²) in [7, 11) is 0. The SMILES string of the molecule is CCOC(=O)CN1CCC(N2CCN(C(=O)[C@@H](Cc3cc(Cl)c(N)c(C(F)(F)F)c3)OC(=O)N3CCC(N4CCC5=C(CCC=C5)NC4=O)CC3)CC2)CC1. The Morgan fingerprint density at radius 3 is 2.31 bits per heavy atom. The lowest BCUT2D eigenvalue weighted by atomic mass is 10.00. The molecule has 17 heteroatoms. The van der Waals surface area contributed by atoms with Gasteiger partial charge in [-0.05, 0) is 75.1 Å². The van der Waals surface area contributed by atoms with E-state index < -0.39 is 35.5 Å². The summed E-state index contributed by atoms with van der Waals surface area (Å²) >= 11 is 6.13. The molecule has 3 fully saturated rings. The van der Waals surface area contributed by atoms with Crippen LogP contribution in [0, 0.1) is 0 Å². The third kappa shape index (κ3) is 10.1. The Morgan fingerprint density at radius 2 is 1.64 bits per heavy atom. The van der Waals surface area contributed by atoms with Gasteiger partial charge in [0.1, 0.15) is 0 Å². The van der Waals surface area contributed by atoms with Gasteiger partial charge >= 0.3 is 24.3 Å². The Balaban J connectivity index is 1.08. The highest BCUT2D eigenvalue weighted by Crippen LogP contribution is 2.38. The van der Waals surface area contributed by atoms with Gasteiger partial charge in [-0.2, -0.15) is 13.2 Å². The fourth-order valence-corrected chi connectivity index (χ4v) is 8.54. The quantitative estimate of drug-likeness (QED) is 0.270. The highest BCUT2D eigenvalue weighted by Gasteiger charge is 2.38. The van der Waals surface area contributed by atoms with Gasteiger partial charge in [-0.1, -0.05) is 23.8 Å². The van der Waals surface area contributed by atoms with Crippen LogP contribution in [0.25, 0.3) is 0 Å². The van der Waals surface area contributed by atoms with Crippen LogP contribution >= 0.6 is 11.6 Å². The smallest absolute Gasteiger partial charge is 0.418 e. The lowest BCUT2D eigenvalue weighted by Crippen LogP contribution is -2.57. The number of benzene rings is 1. The topological polar surface area (TPSA) is 141 Å². The second-order valence-electron chi connectivity index (χ2n) is 14.8. The van der Waals surface area contributed by atoms with Crippen LogP contribution in [0.1, 0.15) is 63.0 Å². The van der Waals surface area contributed by atoms with Crippen LogP contribution in [0.5, 0.6) is 0 Å². The van der Waals surface area contributed by atoms with Crippen LogP contribution in [-0.4, -0.2) is 139 Å². The molecule has 1 aromatic carbocycles. The van der Waals surface area contributed by atoms with Gasteiger partial charge in [0.15, 0.2) is 6.10 Å². The first-order valence-electron chi connectivity index (χ1n) is 19.3. The van der Waals surface area contributed by atoms with Gasteiger partial charge < -0.3 is 35.2 Å². The van der Waals surface area contributed by atoms with E-state index in [9.17, 15) is 32.3 Å². The van der Waals surface area contributed by atoms with Crippen LogP contribution < -0.4 is 11.1 Å². The van der Waals surface area contributed by atoms with Gasteiger partial charge in [0.2, 0.25) is 0 Å². The molecule has 0 spiro atoms. The molecule has 1 aromatic rings. The van der Waals surface area contributed by atoms with Gasteiger partial charge in [-0.3, -0.25) is 19.4 Å². The van der Waals surface area contributed by atoms with E-state index in [0.29, 0.717) is 52.2 Å². The predicted molar refractivity (Wildman–Crippen MR) is 199 cm³/mol. The molecule has 5 aliphatic rings. The molecule has 0 saturated carbocycles. The number of hydrogen-bond donors (Lipinski definition) is 2. The van der Waals surface area contributed by atoms with Crippen molar-refractivity contribution in [3.8, 4) is 0 Å². The summed E-state index contributed by atoms with van der Waals surface area (Å²) in [6.07, 6.45) is 2.08. The number of amides is 4. The van der Waals surface area contributed by atoms with E-state index in [1.807, 2.05) is 4.90 Å². The molecular weight excluding hydrogens is 743 g/mol. The van der Waals surface area contributed by atoms with Crippen LogP contribution in [-0.2, 0) is 31.7 Å². The minimum atomic E-state index is -4.79. The maximum atomic E-state index is 14.1.